The molecule has 0 radical (unpaired) electrons. The van der Waals surface area contributed by atoms with E-state index in [0.717, 1.165) is 5.57 Å². The summed E-state index contributed by atoms with van der Waals surface area (Å²) >= 11 is 0. The first-order chi connectivity index (χ1) is 17.8. The molecule has 0 saturated carbocycles. The van der Waals surface area contributed by atoms with Crippen molar-refractivity contribution in [2.24, 2.45) is 5.92 Å². The summed E-state index contributed by atoms with van der Waals surface area (Å²) in [6, 6.07) is 21.4. The first-order valence-electron chi connectivity index (χ1n) is 12.0. The number of rotatable bonds is 4. The molecular weight excluding hydrogens is 486 g/mol. The summed E-state index contributed by atoms with van der Waals surface area (Å²) in [5.41, 5.74) is 1.89. The topological polar surface area (TPSA) is 72.9 Å². The van der Waals surface area contributed by atoms with E-state index < -0.39 is 32.6 Å². The molecule has 5 rings (SSSR count). The number of hydrogen-bond acceptors (Lipinski definition) is 5. The lowest BCUT2D eigenvalue weighted by Crippen LogP contribution is -2.60. The number of para-hydroxylation sites is 1. The third-order valence-electron chi connectivity index (χ3n) is 7.32. The van der Waals surface area contributed by atoms with Crippen LogP contribution in [-0.2, 0) is 14.6 Å². The quantitative estimate of drug-likeness (QED) is 0.329. The number of benzene rings is 3. The molecule has 7 heteroatoms. The van der Waals surface area contributed by atoms with E-state index in [9.17, 15) is 13.2 Å². The highest BCUT2D eigenvalue weighted by Crippen LogP contribution is 2.58. The van der Waals surface area contributed by atoms with Gasteiger partial charge in [0.15, 0.2) is 9.84 Å². The van der Waals surface area contributed by atoms with Crippen molar-refractivity contribution in [2.75, 3.05) is 12.0 Å². The molecule has 0 N–H and O–H groups in total. The molecule has 2 aliphatic rings. The van der Waals surface area contributed by atoms with E-state index >= 15 is 0 Å². The highest BCUT2D eigenvalue weighted by molar-refractivity contribution is 7.92. The van der Waals surface area contributed by atoms with Crippen molar-refractivity contribution in [2.45, 2.75) is 35.4 Å². The summed E-state index contributed by atoms with van der Waals surface area (Å²) in [7, 11) is -2.45. The van der Waals surface area contributed by atoms with Crippen LogP contribution in [0.5, 0.6) is 11.5 Å². The predicted octanol–water partition coefficient (Wildman–Crippen LogP) is 5.74. The van der Waals surface area contributed by atoms with Gasteiger partial charge in [-0.25, -0.2) is 13.2 Å². The maximum atomic E-state index is 14.6. The van der Waals surface area contributed by atoms with Crippen molar-refractivity contribution < 1.29 is 22.7 Å². The molecule has 3 atom stereocenters. The number of carbonyl (C=O) groups is 1. The van der Waals surface area contributed by atoms with Gasteiger partial charge in [0.1, 0.15) is 22.3 Å². The smallest absolute Gasteiger partial charge is 0.420 e. The molecule has 1 heterocycles. The number of fused-ring (bicyclic) bond motifs is 3. The van der Waals surface area contributed by atoms with Crippen LogP contribution < -0.4 is 14.4 Å². The van der Waals surface area contributed by atoms with Crippen LogP contribution in [0.15, 0.2) is 95.4 Å². The third kappa shape index (κ3) is 3.89. The Morgan fingerprint density at radius 1 is 1.03 bits per heavy atom. The number of ether oxygens (including phenoxy) is 2. The monoisotopic (exact) mass is 513 g/mol. The lowest BCUT2D eigenvalue weighted by molar-refractivity contribution is 0.197. The SMILES string of the molecule is C#CC1C2CC(C)=CCC2(S(=O)(=O)c2ccccc2)c2cc(OC)ccc2N1C(=O)Oc1ccccc1. The van der Waals surface area contributed by atoms with Crippen molar-refractivity contribution in [3.63, 3.8) is 0 Å². The van der Waals surface area contributed by atoms with Crippen LogP contribution in [0, 0.1) is 18.3 Å². The van der Waals surface area contributed by atoms with Crippen molar-refractivity contribution in [3.8, 4) is 23.8 Å². The fourth-order valence-corrected chi connectivity index (χ4v) is 7.88. The summed E-state index contributed by atoms with van der Waals surface area (Å²) in [4.78, 5) is 15.3. The van der Waals surface area contributed by atoms with Crippen molar-refractivity contribution in [1.82, 2.24) is 0 Å². The van der Waals surface area contributed by atoms with Gasteiger partial charge in [-0.05, 0) is 62.2 Å². The highest BCUT2D eigenvalue weighted by atomic mass is 32.2. The van der Waals surface area contributed by atoms with E-state index in [-0.39, 0.29) is 11.3 Å². The minimum absolute atomic E-state index is 0.206. The highest BCUT2D eigenvalue weighted by Gasteiger charge is 2.61. The van der Waals surface area contributed by atoms with Crippen molar-refractivity contribution >= 4 is 21.6 Å². The second-order valence-electron chi connectivity index (χ2n) is 9.32. The largest absolute Gasteiger partial charge is 0.497 e. The minimum atomic E-state index is -3.97. The normalized spacial score (nSPS) is 22.6. The number of carbonyl (C=O) groups excluding carboxylic acids is 1. The molecule has 3 unspecified atom stereocenters. The maximum absolute atomic E-state index is 14.6. The van der Waals surface area contributed by atoms with Crippen LogP contribution in [-0.4, -0.2) is 27.7 Å². The number of anilines is 1. The standard InChI is InChI=1S/C30H27NO5S/c1-4-27-25-19-21(2)17-18-30(25,37(33,34)24-13-9-6-10-14-24)26-20-23(35-3)15-16-28(26)31(27)29(32)36-22-11-7-5-8-12-22/h1,5-17,20,25,27H,18-19H2,2-3H3. The van der Waals surface area contributed by atoms with Crippen molar-refractivity contribution in [3.05, 3.63) is 96.1 Å². The Morgan fingerprint density at radius 2 is 1.70 bits per heavy atom. The van der Waals surface area contributed by atoms with Gasteiger partial charge in [-0.2, -0.15) is 0 Å². The molecule has 1 aliphatic heterocycles. The van der Waals surface area contributed by atoms with Gasteiger partial charge in [-0.15, -0.1) is 6.42 Å². The van der Waals surface area contributed by atoms with Gasteiger partial charge in [0.2, 0.25) is 0 Å². The third-order valence-corrected chi connectivity index (χ3v) is 9.86. The van der Waals surface area contributed by atoms with Gasteiger partial charge in [0.05, 0.1) is 17.7 Å². The molecule has 0 bridgehead atoms. The zero-order chi connectivity index (χ0) is 26.2. The molecule has 6 nitrogen and oxygen atoms in total. The molecule has 0 spiro atoms. The molecule has 3 aromatic rings. The van der Waals surface area contributed by atoms with Gasteiger partial charge in [0.25, 0.3) is 0 Å². The summed E-state index contributed by atoms with van der Waals surface area (Å²) < 4.78 is 38.9. The molecule has 0 aromatic heterocycles. The first kappa shape index (κ1) is 24.7. The van der Waals surface area contributed by atoms with Crippen LogP contribution in [0.25, 0.3) is 0 Å². The average Bonchev–Trinajstić information content (AvgIpc) is 2.92. The number of hydrogen-bond donors (Lipinski definition) is 0. The van der Waals surface area contributed by atoms with E-state index in [1.165, 1.54) is 12.0 Å². The molecule has 0 saturated heterocycles. The molecule has 188 valence electrons. The van der Waals surface area contributed by atoms with E-state index in [1.54, 1.807) is 72.8 Å². The Kier molecular flexibility index (Phi) is 6.30. The minimum Gasteiger partial charge on any atom is -0.497 e. The van der Waals surface area contributed by atoms with Crippen molar-refractivity contribution in [1.29, 1.82) is 0 Å². The Bertz CT molecular complexity index is 1510. The number of methoxy groups -OCH3 is 1. The Hall–Kier alpha value is -4.02. The number of nitrogens with zero attached hydrogens (tertiary/aromatic N) is 1. The van der Waals surface area contributed by atoms with E-state index in [1.807, 2.05) is 19.1 Å². The van der Waals surface area contributed by atoms with Crippen LogP contribution in [0.2, 0.25) is 0 Å². The second-order valence-corrected chi connectivity index (χ2v) is 11.5. The van der Waals surface area contributed by atoms with E-state index in [0.29, 0.717) is 29.2 Å². The number of amides is 1. The van der Waals surface area contributed by atoms with Crippen LogP contribution in [0.4, 0.5) is 10.5 Å². The second kappa shape index (κ2) is 9.45. The molecule has 3 aromatic carbocycles. The van der Waals surface area contributed by atoms with Crippen LogP contribution >= 0.6 is 0 Å². The van der Waals surface area contributed by atoms with Crippen LogP contribution in [0.1, 0.15) is 25.3 Å². The fraction of sp³-hybridized carbons (Fsp3) is 0.233. The summed E-state index contributed by atoms with van der Waals surface area (Å²) in [6.07, 6.45) is 8.02. The Balaban J connectivity index is 1.78. The molecule has 1 aliphatic carbocycles. The molecular formula is C30H27NO5S. The lowest BCUT2D eigenvalue weighted by atomic mass is 9.68. The molecule has 1 amide bonds. The van der Waals surface area contributed by atoms with Gasteiger partial charge in [0, 0.05) is 11.5 Å². The molecule has 0 fully saturated rings. The van der Waals surface area contributed by atoms with Gasteiger partial charge in [-0.1, -0.05) is 54.0 Å². The summed E-state index contributed by atoms with van der Waals surface area (Å²) in [6.45, 7) is 1.96. The van der Waals surface area contributed by atoms with Gasteiger partial charge < -0.3 is 9.47 Å². The van der Waals surface area contributed by atoms with E-state index in [4.69, 9.17) is 15.9 Å². The zero-order valence-corrected chi connectivity index (χ0v) is 21.4. The predicted molar refractivity (Wildman–Crippen MR) is 142 cm³/mol. The van der Waals surface area contributed by atoms with Gasteiger partial charge in [-0.3, -0.25) is 4.90 Å². The van der Waals surface area contributed by atoms with Crippen LogP contribution in [0.3, 0.4) is 0 Å². The Labute approximate surface area is 217 Å². The first-order valence-corrected chi connectivity index (χ1v) is 13.5. The average molecular weight is 514 g/mol. The number of allylic oxidation sites excluding steroid dienone is 2. The summed E-state index contributed by atoms with van der Waals surface area (Å²) in [5, 5.41) is 0. The Morgan fingerprint density at radius 3 is 2.35 bits per heavy atom. The molecule has 37 heavy (non-hydrogen) atoms. The van der Waals surface area contributed by atoms with E-state index in [2.05, 4.69) is 5.92 Å². The maximum Gasteiger partial charge on any atom is 0.420 e. The summed E-state index contributed by atoms with van der Waals surface area (Å²) in [5.74, 6) is 3.00. The zero-order valence-electron chi connectivity index (χ0n) is 20.6. The number of terminal acetylenes is 1. The number of sulfone groups is 1. The lowest BCUT2D eigenvalue weighted by Gasteiger charge is -2.52. The fourth-order valence-electron chi connectivity index (χ4n) is 5.57. The van der Waals surface area contributed by atoms with Gasteiger partial charge >= 0.3 is 6.09 Å².